The predicted octanol–water partition coefficient (Wildman–Crippen LogP) is 1.12. The van der Waals surface area contributed by atoms with Crippen molar-refractivity contribution in [2.24, 2.45) is 0 Å². The standard InChI is InChI=1S/C9H9IO6/c11-3-4-16-6-1-2-8(10(14)15)7(5-6)9(12)13/h1-2,5,11H,3-4H2,(H,12,13). The SMILES string of the molecule is O=C(O)c1cc(OCCO)ccc1I(=O)=O. The van der Waals surface area contributed by atoms with E-state index in [1.807, 2.05) is 0 Å². The number of carboxylic acids is 1. The molecular formula is C9H9IO6. The Balaban J connectivity index is 3.12. The zero-order valence-electron chi connectivity index (χ0n) is 8.05. The van der Waals surface area contributed by atoms with Gasteiger partial charge in [-0.05, 0) is 18.2 Å². The molecule has 6 nitrogen and oxygen atoms in total. The molecule has 16 heavy (non-hydrogen) atoms. The lowest BCUT2D eigenvalue weighted by Crippen LogP contribution is -2.05. The normalized spacial score (nSPS) is 10.4. The molecule has 0 fully saturated rings. The zero-order chi connectivity index (χ0) is 12.1. The van der Waals surface area contributed by atoms with Crippen LogP contribution in [0.25, 0.3) is 0 Å². The van der Waals surface area contributed by atoms with Gasteiger partial charge in [0.25, 0.3) is 0 Å². The van der Waals surface area contributed by atoms with Crippen LogP contribution in [0.5, 0.6) is 5.75 Å². The smallest absolute Gasteiger partial charge is 0.341 e. The van der Waals surface area contributed by atoms with Crippen LogP contribution in [-0.4, -0.2) is 29.4 Å². The summed E-state index contributed by atoms with van der Waals surface area (Å²) in [5, 5.41) is 17.3. The van der Waals surface area contributed by atoms with Crippen LogP contribution in [0.3, 0.4) is 0 Å². The molecule has 0 radical (unpaired) electrons. The van der Waals surface area contributed by atoms with Crippen LogP contribution in [0.4, 0.5) is 0 Å². The summed E-state index contributed by atoms with van der Waals surface area (Å²) in [6.45, 7) is -0.179. The Bertz CT molecular complexity index is 457. The molecule has 0 amide bonds. The van der Waals surface area contributed by atoms with Gasteiger partial charge in [0.15, 0.2) is 0 Å². The van der Waals surface area contributed by atoms with Gasteiger partial charge in [-0.1, -0.05) is 0 Å². The summed E-state index contributed by atoms with van der Waals surface area (Å²) < 4.78 is 26.5. The molecule has 0 heterocycles. The molecular weight excluding hydrogens is 331 g/mol. The Morgan fingerprint density at radius 2 is 2.06 bits per heavy atom. The first kappa shape index (κ1) is 12.8. The van der Waals surface area contributed by atoms with Gasteiger partial charge in [0.05, 0.1) is 15.7 Å². The number of aliphatic hydroxyl groups excluding tert-OH is 1. The van der Waals surface area contributed by atoms with E-state index in [0.717, 1.165) is 6.07 Å². The van der Waals surface area contributed by atoms with E-state index in [9.17, 15) is 10.9 Å². The van der Waals surface area contributed by atoms with Gasteiger partial charge < -0.3 is 14.9 Å². The third-order valence-corrected chi connectivity index (χ3v) is 3.58. The maximum atomic E-state index is 10.8. The highest BCUT2D eigenvalue weighted by atomic mass is 127. The molecule has 1 aromatic carbocycles. The van der Waals surface area contributed by atoms with Crippen LogP contribution >= 0.6 is 19.8 Å². The average Bonchev–Trinajstić information content (AvgIpc) is 2.25. The number of benzene rings is 1. The molecule has 1 aromatic rings. The van der Waals surface area contributed by atoms with Crippen LogP contribution in [0.15, 0.2) is 18.2 Å². The molecule has 0 aliphatic rings. The molecule has 0 bridgehead atoms. The number of hydrogen-bond acceptors (Lipinski definition) is 5. The number of rotatable bonds is 5. The van der Waals surface area contributed by atoms with Crippen molar-refractivity contribution in [1.82, 2.24) is 0 Å². The summed E-state index contributed by atoms with van der Waals surface area (Å²) in [6, 6.07) is 3.69. The second kappa shape index (κ2) is 5.75. The van der Waals surface area contributed by atoms with Crippen LogP contribution in [0.2, 0.25) is 0 Å². The van der Waals surface area contributed by atoms with E-state index in [0.29, 0.717) is 0 Å². The van der Waals surface area contributed by atoms with Crippen molar-refractivity contribution in [2.75, 3.05) is 13.2 Å². The highest BCUT2D eigenvalue weighted by Gasteiger charge is 2.15. The highest BCUT2D eigenvalue weighted by Crippen LogP contribution is 2.25. The zero-order valence-corrected chi connectivity index (χ0v) is 10.2. The molecule has 0 aliphatic heterocycles. The Morgan fingerprint density at radius 1 is 1.38 bits per heavy atom. The fourth-order valence-corrected chi connectivity index (χ4v) is 2.39. The molecule has 0 unspecified atom stereocenters. The first-order chi connectivity index (χ1) is 7.56. The minimum Gasteiger partial charge on any atom is -0.491 e. The third kappa shape index (κ3) is 3.14. The molecule has 0 atom stereocenters. The van der Waals surface area contributed by atoms with Crippen molar-refractivity contribution in [2.45, 2.75) is 0 Å². The topological polar surface area (TPSA) is 101 Å². The molecule has 88 valence electrons. The number of carbonyl (C=O) groups is 1. The van der Waals surface area contributed by atoms with Gasteiger partial charge in [-0.15, -0.1) is 0 Å². The Kier molecular flexibility index (Phi) is 4.62. The van der Waals surface area contributed by atoms with E-state index >= 15 is 0 Å². The van der Waals surface area contributed by atoms with E-state index in [-0.39, 0.29) is 28.1 Å². The minimum atomic E-state index is -3.83. The third-order valence-electron chi connectivity index (χ3n) is 1.69. The Morgan fingerprint density at radius 3 is 2.56 bits per heavy atom. The lowest BCUT2D eigenvalue weighted by atomic mass is 10.2. The number of carboxylic acid groups (broad SMARTS) is 1. The number of aromatic carboxylic acids is 1. The monoisotopic (exact) mass is 340 g/mol. The van der Waals surface area contributed by atoms with Crippen molar-refractivity contribution in [3.05, 3.63) is 27.3 Å². The summed E-state index contributed by atoms with van der Waals surface area (Å²) in [5.74, 6) is -1.11. The lowest BCUT2D eigenvalue weighted by molar-refractivity contribution is 0.0695. The van der Waals surface area contributed by atoms with Crippen molar-refractivity contribution in [1.29, 1.82) is 0 Å². The summed E-state index contributed by atoms with van der Waals surface area (Å²) in [4.78, 5) is 10.8. The lowest BCUT2D eigenvalue weighted by Gasteiger charge is -2.05. The van der Waals surface area contributed by atoms with Crippen molar-refractivity contribution < 1.29 is 25.9 Å². The van der Waals surface area contributed by atoms with Gasteiger partial charge in [-0.25, -0.2) is 10.9 Å². The van der Waals surface area contributed by atoms with Gasteiger partial charge in [0, 0.05) is 0 Å². The molecule has 0 aliphatic carbocycles. The average molecular weight is 340 g/mol. The van der Waals surface area contributed by atoms with E-state index in [1.54, 1.807) is 0 Å². The maximum Gasteiger partial charge on any atom is 0.341 e. The summed E-state index contributed by atoms with van der Waals surface area (Å²) >= 11 is -3.83. The Hall–Kier alpha value is -1.22. The molecule has 0 aromatic heterocycles. The van der Waals surface area contributed by atoms with E-state index in [4.69, 9.17) is 14.9 Å². The first-order valence-corrected chi connectivity index (χ1v) is 7.06. The summed E-state index contributed by atoms with van der Waals surface area (Å²) in [7, 11) is 0. The number of hydrogen-bond donors (Lipinski definition) is 2. The second-order valence-electron chi connectivity index (χ2n) is 2.74. The molecule has 2 N–H and O–H groups in total. The molecule has 0 saturated carbocycles. The summed E-state index contributed by atoms with van der Waals surface area (Å²) in [5.41, 5.74) is -0.300. The van der Waals surface area contributed by atoms with E-state index in [2.05, 4.69) is 0 Å². The Labute approximate surface area is 98.0 Å². The van der Waals surface area contributed by atoms with E-state index in [1.165, 1.54) is 12.1 Å². The van der Waals surface area contributed by atoms with Crippen molar-refractivity contribution >= 4 is 25.8 Å². The van der Waals surface area contributed by atoms with Gasteiger partial charge in [-0.3, -0.25) is 0 Å². The largest absolute Gasteiger partial charge is 0.491 e. The fraction of sp³-hybridized carbons (Fsp3) is 0.222. The fourth-order valence-electron chi connectivity index (χ4n) is 1.06. The van der Waals surface area contributed by atoms with Gasteiger partial charge >= 0.3 is 25.8 Å². The predicted molar refractivity (Wildman–Crippen MR) is 60.1 cm³/mol. The highest BCUT2D eigenvalue weighted by molar-refractivity contribution is 14.2. The van der Waals surface area contributed by atoms with Gasteiger partial charge in [0.1, 0.15) is 12.4 Å². The van der Waals surface area contributed by atoms with Gasteiger partial charge in [-0.2, -0.15) is 0 Å². The van der Waals surface area contributed by atoms with Crippen LogP contribution in [0.1, 0.15) is 10.4 Å². The van der Waals surface area contributed by atoms with Crippen LogP contribution in [0, 0.1) is 3.57 Å². The quantitative estimate of drug-likeness (QED) is 0.779. The first-order valence-electron chi connectivity index (χ1n) is 4.22. The summed E-state index contributed by atoms with van der Waals surface area (Å²) in [6.07, 6.45) is 0. The van der Waals surface area contributed by atoms with E-state index < -0.39 is 25.8 Å². The number of aliphatic hydroxyl groups is 1. The molecule has 7 heteroatoms. The number of halogens is 1. The number of ether oxygens (including phenoxy) is 1. The van der Waals surface area contributed by atoms with Gasteiger partial charge in [0.2, 0.25) is 0 Å². The second-order valence-corrected chi connectivity index (χ2v) is 5.14. The van der Waals surface area contributed by atoms with Crippen molar-refractivity contribution in [3.8, 4) is 5.75 Å². The van der Waals surface area contributed by atoms with Crippen LogP contribution in [-0.2, 0) is 6.14 Å². The van der Waals surface area contributed by atoms with Crippen LogP contribution < -0.4 is 4.74 Å². The van der Waals surface area contributed by atoms with Crippen molar-refractivity contribution in [3.63, 3.8) is 0 Å². The molecule has 0 saturated heterocycles. The molecule has 0 spiro atoms. The molecule has 1 rings (SSSR count). The minimum absolute atomic E-state index is 0.0233. The maximum absolute atomic E-state index is 10.8.